The van der Waals surface area contributed by atoms with Gasteiger partial charge in [0.05, 0.1) is 5.56 Å². The predicted molar refractivity (Wildman–Crippen MR) is 73.1 cm³/mol. The van der Waals surface area contributed by atoms with Crippen LogP contribution >= 0.6 is 0 Å². The van der Waals surface area contributed by atoms with E-state index in [9.17, 15) is 9.90 Å². The summed E-state index contributed by atoms with van der Waals surface area (Å²) in [7, 11) is 0. The lowest BCUT2D eigenvalue weighted by Crippen LogP contribution is -2.15. The second-order valence-electron chi connectivity index (χ2n) is 4.33. The number of rotatable bonds is 4. The van der Waals surface area contributed by atoms with Crippen molar-refractivity contribution < 1.29 is 5.11 Å². The summed E-state index contributed by atoms with van der Waals surface area (Å²) >= 11 is 0. The number of aryl methyl sites for hydroxylation is 1. The molecule has 0 fully saturated rings. The topological polar surface area (TPSA) is 78.9 Å². The van der Waals surface area contributed by atoms with Crippen LogP contribution in [0.25, 0.3) is 11.5 Å². The van der Waals surface area contributed by atoms with Gasteiger partial charge in [0.25, 0.3) is 5.56 Å². The van der Waals surface area contributed by atoms with Crippen molar-refractivity contribution in [3.8, 4) is 17.4 Å². The van der Waals surface area contributed by atoms with E-state index in [1.165, 1.54) is 0 Å². The largest absolute Gasteiger partial charge is 0.493 e. The van der Waals surface area contributed by atoms with Crippen molar-refractivity contribution >= 4 is 0 Å². The highest BCUT2D eigenvalue weighted by atomic mass is 16.3. The van der Waals surface area contributed by atoms with Crippen LogP contribution in [-0.4, -0.2) is 20.1 Å². The highest BCUT2D eigenvalue weighted by molar-refractivity contribution is 5.55. The first-order valence-corrected chi connectivity index (χ1v) is 6.43. The molecule has 2 aromatic heterocycles. The maximum Gasteiger partial charge on any atom is 0.258 e. The fourth-order valence-corrected chi connectivity index (χ4v) is 2.01. The average molecular weight is 259 g/mol. The van der Waals surface area contributed by atoms with E-state index >= 15 is 0 Å². The van der Waals surface area contributed by atoms with E-state index in [1.54, 1.807) is 6.20 Å². The van der Waals surface area contributed by atoms with Crippen molar-refractivity contribution in [3.63, 3.8) is 0 Å². The van der Waals surface area contributed by atoms with Crippen LogP contribution in [0.15, 0.2) is 23.1 Å². The quantitative estimate of drug-likeness (QED) is 0.880. The fraction of sp³-hybridized carbons (Fsp3) is 0.357. The summed E-state index contributed by atoms with van der Waals surface area (Å²) in [6.07, 6.45) is 3.72. The maximum absolute atomic E-state index is 11.9. The molecule has 5 heteroatoms. The minimum Gasteiger partial charge on any atom is -0.493 e. The van der Waals surface area contributed by atoms with E-state index in [2.05, 4.69) is 15.0 Å². The van der Waals surface area contributed by atoms with Crippen LogP contribution in [0.5, 0.6) is 5.88 Å². The molecular weight excluding hydrogens is 242 g/mol. The second-order valence-corrected chi connectivity index (χ2v) is 4.33. The third kappa shape index (κ3) is 2.65. The monoisotopic (exact) mass is 259 g/mol. The van der Waals surface area contributed by atoms with Gasteiger partial charge < -0.3 is 10.1 Å². The van der Waals surface area contributed by atoms with Crippen molar-refractivity contribution in [2.75, 3.05) is 0 Å². The lowest BCUT2D eigenvalue weighted by atomic mass is 10.1. The maximum atomic E-state index is 11.9. The van der Waals surface area contributed by atoms with Crippen molar-refractivity contribution in [1.29, 1.82) is 0 Å². The molecule has 2 heterocycles. The zero-order chi connectivity index (χ0) is 13.8. The third-order valence-electron chi connectivity index (χ3n) is 2.99. The number of pyridine rings is 1. The summed E-state index contributed by atoms with van der Waals surface area (Å²) in [6.45, 7) is 3.95. The molecule has 0 amide bonds. The smallest absolute Gasteiger partial charge is 0.258 e. The first kappa shape index (κ1) is 13.3. The van der Waals surface area contributed by atoms with E-state index in [0.717, 1.165) is 18.4 Å². The number of nitrogens with zero attached hydrogens (tertiary/aromatic N) is 2. The summed E-state index contributed by atoms with van der Waals surface area (Å²) in [5, 5.41) is 9.87. The molecule has 19 heavy (non-hydrogen) atoms. The molecule has 0 saturated heterocycles. The van der Waals surface area contributed by atoms with E-state index in [1.807, 2.05) is 26.0 Å². The number of aromatic amines is 1. The van der Waals surface area contributed by atoms with Crippen LogP contribution in [0, 0.1) is 0 Å². The molecule has 100 valence electrons. The molecule has 0 saturated carbocycles. The zero-order valence-corrected chi connectivity index (χ0v) is 11.1. The van der Waals surface area contributed by atoms with Crippen molar-refractivity contribution in [2.45, 2.75) is 33.1 Å². The first-order chi connectivity index (χ1) is 9.17. The normalized spacial score (nSPS) is 10.6. The summed E-state index contributed by atoms with van der Waals surface area (Å²) in [6, 6.07) is 3.77. The molecule has 5 nitrogen and oxygen atoms in total. The van der Waals surface area contributed by atoms with Gasteiger partial charge in [0.1, 0.15) is 5.69 Å². The van der Waals surface area contributed by atoms with Gasteiger partial charge in [-0.2, -0.15) is 4.98 Å². The van der Waals surface area contributed by atoms with Gasteiger partial charge in [-0.25, -0.2) is 0 Å². The average Bonchev–Trinajstić information content (AvgIpc) is 2.42. The number of nitrogens with one attached hydrogen (secondary N) is 1. The number of H-pyrrole nitrogens is 1. The van der Waals surface area contributed by atoms with Gasteiger partial charge in [0, 0.05) is 6.20 Å². The van der Waals surface area contributed by atoms with Gasteiger partial charge in [0.2, 0.25) is 5.88 Å². The molecule has 0 atom stereocenters. The van der Waals surface area contributed by atoms with Crippen LogP contribution < -0.4 is 5.56 Å². The first-order valence-electron chi connectivity index (χ1n) is 6.43. The number of aromatic hydroxyl groups is 1. The molecule has 0 bridgehead atoms. The van der Waals surface area contributed by atoms with E-state index in [0.29, 0.717) is 23.5 Å². The van der Waals surface area contributed by atoms with Gasteiger partial charge in [-0.05, 0) is 24.5 Å². The van der Waals surface area contributed by atoms with Crippen LogP contribution in [0.1, 0.15) is 31.4 Å². The summed E-state index contributed by atoms with van der Waals surface area (Å²) < 4.78 is 0. The fourth-order valence-electron chi connectivity index (χ4n) is 2.01. The van der Waals surface area contributed by atoms with E-state index in [-0.39, 0.29) is 11.4 Å². The van der Waals surface area contributed by atoms with Crippen molar-refractivity contribution in [1.82, 2.24) is 15.0 Å². The Kier molecular flexibility index (Phi) is 3.94. The number of hydrogen-bond donors (Lipinski definition) is 2. The molecule has 2 rings (SSSR count). The van der Waals surface area contributed by atoms with Gasteiger partial charge in [-0.15, -0.1) is 0 Å². The van der Waals surface area contributed by atoms with Crippen LogP contribution in [-0.2, 0) is 12.8 Å². The summed E-state index contributed by atoms with van der Waals surface area (Å²) in [4.78, 5) is 22.9. The Morgan fingerprint density at radius 1 is 1.37 bits per heavy atom. The summed E-state index contributed by atoms with van der Waals surface area (Å²) in [5.74, 6) is 0.119. The van der Waals surface area contributed by atoms with Crippen LogP contribution in [0.3, 0.4) is 0 Å². The molecule has 0 aliphatic carbocycles. The molecule has 0 aromatic carbocycles. The van der Waals surface area contributed by atoms with Gasteiger partial charge in [-0.3, -0.25) is 9.78 Å². The number of hydrogen-bond acceptors (Lipinski definition) is 4. The lowest BCUT2D eigenvalue weighted by molar-refractivity contribution is 0.443. The van der Waals surface area contributed by atoms with E-state index < -0.39 is 0 Å². The second kappa shape index (κ2) is 5.65. The Labute approximate surface area is 111 Å². The highest BCUT2D eigenvalue weighted by Gasteiger charge is 2.13. The van der Waals surface area contributed by atoms with Crippen molar-refractivity contribution in [2.24, 2.45) is 0 Å². The Bertz CT molecular complexity index is 635. The Morgan fingerprint density at radius 3 is 2.79 bits per heavy atom. The van der Waals surface area contributed by atoms with Gasteiger partial charge in [-0.1, -0.05) is 26.3 Å². The van der Waals surface area contributed by atoms with Gasteiger partial charge >= 0.3 is 0 Å². The Hall–Kier alpha value is -2.17. The molecule has 2 aromatic rings. The predicted octanol–water partition coefficient (Wildman–Crippen LogP) is 2.05. The molecule has 2 N–H and O–H groups in total. The minimum absolute atomic E-state index is 0.201. The molecule has 0 aliphatic heterocycles. The third-order valence-corrected chi connectivity index (χ3v) is 2.99. The Balaban J connectivity index is 2.55. The number of aromatic nitrogens is 3. The molecule has 0 unspecified atom stereocenters. The highest BCUT2D eigenvalue weighted by Crippen LogP contribution is 2.20. The molecular formula is C14H17N3O2. The van der Waals surface area contributed by atoms with E-state index in [4.69, 9.17) is 0 Å². The SMILES string of the molecule is CCCc1c(O)nc(-c2ncccc2CC)[nH]c1=O. The summed E-state index contributed by atoms with van der Waals surface area (Å²) in [5.41, 5.74) is 1.63. The lowest BCUT2D eigenvalue weighted by Gasteiger charge is -2.07. The van der Waals surface area contributed by atoms with Crippen LogP contribution in [0.2, 0.25) is 0 Å². The molecule has 0 spiro atoms. The van der Waals surface area contributed by atoms with Gasteiger partial charge in [0.15, 0.2) is 5.82 Å². The molecule has 0 aliphatic rings. The standard InChI is InChI=1S/C14H17N3O2/c1-3-6-10-13(18)16-12(17-14(10)19)11-9(4-2)7-5-8-15-11/h5,7-8H,3-4,6H2,1-2H3,(H2,16,17,18,19). The zero-order valence-electron chi connectivity index (χ0n) is 11.1. The van der Waals surface area contributed by atoms with Crippen molar-refractivity contribution in [3.05, 3.63) is 39.8 Å². The van der Waals surface area contributed by atoms with Crippen LogP contribution in [0.4, 0.5) is 0 Å². The minimum atomic E-state index is -0.294. The molecule has 0 radical (unpaired) electrons. The Morgan fingerprint density at radius 2 is 2.16 bits per heavy atom.